The molecule has 0 N–H and O–H groups in total. The molecular weight excluding hydrogens is 295 g/mol. The van der Waals surface area contributed by atoms with Gasteiger partial charge in [-0.2, -0.15) is 13.2 Å². The number of amides is 1. The lowest BCUT2D eigenvalue weighted by Gasteiger charge is -2.40. The molecule has 0 spiro atoms. The first kappa shape index (κ1) is 15.9. The first-order valence-electron chi connectivity index (χ1n) is 6.96. The number of nitrogens with zero attached hydrogens (tertiary/aromatic N) is 1. The zero-order valence-corrected chi connectivity index (χ0v) is 11.9. The van der Waals surface area contributed by atoms with Gasteiger partial charge in [-0.15, -0.1) is 11.6 Å². The van der Waals surface area contributed by atoms with E-state index in [9.17, 15) is 18.0 Å². The van der Waals surface area contributed by atoms with Gasteiger partial charge in [0.1, 0.15) is 0 Å². The molecule has 1 aliphatic heterocycles. The largest absolute Gasteiger partial charge is 0.392 e. The molecule has 1 heterocycles. The number of hydrogen-bond donors (Lipinski definition) is 0. The third-order valence-electron chi connectivity index (χ3n) is 4.19. The normalized spacial score (nSPS) is 32.2. The minimum atomic E-state index is -4.30. The fourth-order valence-corrected chi connectivity index (χ4v) is 3.36. The maximum Gasteiger partial charge on any atom is 0.392 e. The molecule has 1 saturated heterocycles. The number of carbonyl (C=O) groups is 1. The van der Waals surface area contributed by atoms with E-state index in [1.54, 1.807) is 0 Å². The van der Waals surface area contributed by atoms with Crippen LogP contribution in [0.5, 0.6) is 0 Å². The first-order valence-corrected chi connectivity index (χ1v) is 7.49. The van der Waals surface area contributed by atoms with E-state index < -0.39 is 23.9 Å². The summed E-state index contributed by atoms with van der Waals surface area (Å²) in [5.41, 5.74) is 0. The number of halogens is 4. The van der Waals surface area contributed by atoms with Crippen molar-refractivity contribution >= 4 is 17.5 Å². The van der Waals surface area contributed by atoms with Gasteiger partial charge in [-0.25, -0.2) is 0 Å². The van der Waals surface area contributed by atoms with E-state index >= 15 is 0 Å². The van der Waals surface area contributed by atoms with Crippen molar-refractivity contribution in [1.82, 2.24) is 4.90 Å². The zero-order chi connectivity index (χ0) is 14.8. The zero-order valence-electron chi connectivity index (χ0n) is 11.2. The molecule has 2 rings (SSSR count). The number of ether oxygens (including phenoxy) is 1. The van der Waals surface area contributed by atoms with Crippen molar-refractivity contribution in [2.45, 2.75) is 37.9 Å². The van der Waals surface area contributed by atoms with Gasteiger partial charge in [0.05, 0.1) is 25.2 Å². The standard InChI is InChI=1S/C13H19ClF3NO2/c14-7-9-8-20-6-5-18(9)12(19)10-3-1-2-4-11(10)13(15,16)17/h9-11H,1-8H2. The van der Waals surface area contributed by atoms with Crippen molar-refractivity contribution in [3.05, 3.63) is 0 Å². The van der Waals surface area contributed by atoms with Crippen LogP contribution in [0.4, 0.5) is 13.2 Å². The summed E-state index contributed by atoms with van der Waals surface area (Å²) in [5.74, 6) is -2.68. The lowest BCUT2D eigenvalue weighted by molar-refractivity contribution is -0.202. The number of carbonyl (C=O) groups excluding carboxylic acids is 1. The van der Waals surface area contributed by atoms with Gasteiger partial charge in [0.25, 0.3) is 0 Å². The Kier molecular flexibility index (Phi) is 5.18. The number of rotatable bonds is 2. The Bertz CT molecular complexity index is 351. The Morgan fingerprint density at radius 2 is 2.00 bits per heavy atom. The predicted octanol–water partition coefficient (Wildman–Crippen LogP) is 2.82. The van der Waals surface area contributed by atoms with Gasteiger partial charge in [0.2, 0.25) is 5.91 Å². The Hall–Kier alpha value is -0.490. The minimum absolute atomic E-state index is 0.0514. The van der Waals surface area contributed by atoms with Gasteiger partial charge in [0, 0.05) is 18.3 Å². The lowest BCUT2D eigenvalue weighted by atomic mass is 9.77. The Balaban J connectivity index is 2.12. The maximum atomic E-state index is 13.1. The molecule has 7 heteroatoms. The van der Waals surface area contributed by atoms with Crippen molar-refractivity contribution in [1.29, 1.82) is 0 Å². The van der Waals surface area contributed by atoms with Crippen LogP contribution in [0.3, 0.4) is 0 Å². The highest BCUT2D eigenvalue weighted by atomic mass is 35.5. The van der Waals surface area contributed by atoms with Crippen LogP contribution in [0, 0.1) is 11.8 Å². The van der Waals surface area contributed by atoms with Crippen LogP contribution in [0.15, 0.2) is 0 Å². The molecule has 3 atom stereocenters. The molecule has 1 saturated carbocycles. The summed E-state index contributed by atoms with van der Waals surface area (Å²) in [7, 11) is 0. The minimum Gasteiger partial charge on any atom is -0.377 e. The molecule has 0 bridgehead atoms. The molecular formula is C13H19ClF3NO2. The topological polar surface area (TPSA) is 29.5 Å². The number of morpholine rings is 1. The maximum absolute atomic E-state index is 13.1. The van der Waals surface area contributed by atoms with Crippen LogP contribution in [0.1, 0.15) is 25.7 Å². The van der Waals surface area contributed by atoms with Crippen molar-refractivity contribution in [3.63, 3.8) is 0 Å². The van der Waals surface area contributed by atoms with Crippen molar-refractivity contribution < 1.29 is 22.7 Å². The summed E-state index contributed by atoms with van der Waals surface area (Å²) in [5, 5.41) is 0. The molecule has 0 aromatic carbocycles. The van der Waals surface area contributed by atoms with Crippen LogP contribution in [-0.4, -0.2) is 48.7 Å². The van der Waals surface area contributed by atoms with E-state index in [4.69, 9.17) is 16.3 Å². The van der Waals surface area contributed by atoms with Gasteiger partial charge in [-0.1, -0.05) is 12.8 Å². The number of alkyl halides is 4. The fourth-order valence-electron chi connectivity index (χ4n) is 3.10. The van der Waals surface area contributed by atoms with E-state index in [2.05, 4.69) is 0 Å². The molecule has 3 nitrogen and oxygen atoms in total. The van der Waals surface area contributed by atoms with Crippen LogP contribution in [0.25, 0.3) is 0 Å². The van der Waals surface area contributed by atoms with Gasteiger partial charge in [-0.3, -0.25) is 4.79 Å². The highest BCUT2D eigenvalue weighted by Gasteiger charge is 2.49. The molecule has 1 amide bonds. The van der Waals surface area contributed by atoms with E-state index in [0.717, 1.165) is 0 Å². The molecule has 20 heavy (non-hydrogen) atoms. The lowest BCUT2D eigenvalue weighted by Crippen LogP contribution is -2.54. The Morgan fingerprint density at radius 1 is 1.30 bits per heavy atom. The van der Waals surface area contributed by atoms with Gasteiger partial charge >= 0.3 is 6.18 Å². The van der Waals surface area contributed by atoms with Crippen LogP contribution in [-0.2, 0) is 9.53 Å². The molecule has 2 aliphatic rings. The average molecular weight is 314 g/mol. The second kappa shape index (κ2) is 6.52. The predicted molar refractivity (Wildman–Crippen MR) is 68.5 cm³/mol. The molecule has 116 valence electrons. The summed E-state index contributed by atoms with van der Waals surface area (Å²) < 4.78 is 44.5. The first-order chi connectivity index (χ1) is 9.45. The smallest absolute Gasteiger partial charge is 0.377 e. The number of hydrogen-bond acceptors (Lipinski definition) is 2. The van der Waals surface area contributed by atoms with E-state index in [1.165, 1.54) is 4.90 Å². The van der Waals surface area contributed by atoms with Crippen molar-refractivity contribution in [3.8, 4) is 0 Å². The summed E-state index contributed by atoms with van der Waals surface area (Å²) in [4.78, 5) is 14.0. The third kappa shape index (κ3) is 3.39. The second-order valence-electron chi connectivity index (χ2n) is 5.45. The van der Waals surface area contributed by atoms with Gasteiger partial charge in [-0.05, 0) is 12.8 Å². The van der Waals surface area contributed by atoms with E-state index in [1.807, 2.05) is 0 Å². The Labute approximate surface area is 121 Å². The summed E-state index contributed by atoms with van der Waals surface area (Å²) in [6, 6.07) is -0.311. The van der Waals surface area contributed by atoms with Crippen LogP contribution >= 0.6 is 11.6 Å². The molecule has 2 fully saturated rings. The molecule has 1 aliphatic carbocycles. The summed E-state index contributed by atoms with van der Waals surface area (Å²) in [6.45, 7) is 0.998. The highest BCUT2D eigenvalue weighted by Crippen LogP contribution is 2.42. The third-order valence-corrected chi connectivity index (χ3v) is 4.55. The fraction of sp³-hybridized carbons (Fsp3) is 0.923. The van der Waals surface area contributed by atoms with E-state index in [-0.39, 0.29) is 18.3 Å². The second-order valence-corrected chi connectivity index (χ2v) is 5.76. The molecule has 0 aromatic heterocycles. The molecule has 3 unspecified atom stereocenters. The quantitative estimate of drug-likeness (QED) is 0.734. The monoisotopic (exact) mass is 313 g/mol. The molecule has 0 aromatic rings. The van der Waals surface area contributed by atoms with Crippen LogP contribution < -0.4 is 0 Å². The van der Waals surface area contributed by atoms with Crippen molar-refractivity contribution in [2.75, 3.05) is 25.6 Å². The highest BCUT2D eigenvalue weighted by molar-refractivity contribution is 6.18. The van der Waals surface area contributed by atoms with Gasteiger partial charge in [0.15, 0.2) is 0 Å². The summed E-state index contributed by atoms with van der Waals surface area (Å²) in [6.07, 6.45) is -2.72. The Morgan fingerprint density at radius 3 is 2.65 bits per heavy atom. The molecule has 0 radical (unpaired) electrons. The van der Waals surface area contributed by atoms with Crippen molar-refractivity contribution in [2.24, 2.45) is 11.8 Å². The van der Waals surface area contributed by atoms with Crippen LogP contribution in [0.2, 0.25) is 0 Å². The van der Waals surface area contributed by atoms with E-state index in [0.29, 0.717) is 39.0 Å². The summed E-state index contributed by atoms with van der Waals surface area (Å²) >= 11 is 5.79. The van der Waals surface area contributed by atoms with Gasteiger partial charge < -0.3 is 9.64 Å². The average Bonchev–Trinajstić information content (AvgIpc) is 2.45. The SMILES string of the molecule is O=C(C1CCCCC1C(F)(F)F)N1CCOCC1CCl.